The smallest absolute Gasteiger partial charge is 0.142 e. The molecule has 0 spiro atoms. The van der Waals surface area contributed by atoms with Gasteiger partial charge in [-0.2, -0.15) is 0 Å². The highest BCUT2D eigenvalue weighted by Crippen LogP contribution is 2.19. The van der Waals surface area contributed by atoms with Gasteiger partial charge >= 0.3 is 0 Å². The predicted octanol–water partition coefficient (Wildman–Crippen LogP) is 2.16. The number of rotatable bonds is 1. The first-order valence-corrected chi connectivity index (χ1v) is 4.73. The van der Waals surface area contributed by atoms with Gasteiger partial charge in [-0.1, -0.05) is 0 Å². The lowest BCUT2D eigenvalue weighted by Gasteiger charge is -1.94. The molecule has 0 aliphatic rings. The van der Waals surface area contributed by atoms with E-state index in [4.69, 9.17) is 0 Å². The van der Waals surface area contributed by atoms with Gasteiger partial charge in [-0.3, -0.25) is 9.97 Å². The van der Waals surface area contributed by atoms with Crippen LogP contribution in [0.5, 0.6) is 0 Å². The summed E-state index contributed by atoms with van der Waals surface area (Å²) in [6.07, 6.45) is 6.07. The van der Waals surface area contributed by atoms with Crippen LogP contribution in [-0.2, 0) is 0 Å². The number of nitrogens with zero attached hydrogens (tertiary/aromatic N) is 3. The van der Waals surface area contributed by atoms with Crippen molar-refractivity contribution in [3.8, 4) is 11.4 Å². The van der Waals surface area contributed by atoms with E-state index in [-0.39, 0.29) is 5.82 Å². The molecule has 0 saturated carbocycles. The van der Waals surface area contributed by atoms with Crippen molar-refractivity contribution in [1.82, 2.24) is 19.9 Å². The van der Waals surface area contributed by atoms with Crippen molar-refractivity contribution in [3.05, 3.63) is 42.7 Å². The lowest BCUT2D eigenvalue weighted by atomic mass is 10.3. The van der Waals surface area contributed by atoms with Gasteiger partial charge < -0.3 is 4.98 Å². The number of pyridine rings is 2. The van der Waals surface area contributed by atoms with Gasteiger partial charge in [-0.05, 0) is 12.1 Å². The maximum atomic E-state index is 13.0. The fourth-order valence-electron chi connectivity index (χ4n) is 1.53. The molecule has 0 aliphatic heterocycles. The Balaban J connectivity index is 2.19. The van der Waals surface area contributed by atoms with Crippen molar-refractivity contribution in [1.29, 1.82) is 0 Å². The first-order valence-electron chi connectivity index (χ1n) is 4.73. The summed E-state index contributed by atoms with van der Waals surface area (Å²) < 4.78 is 13.0. The molecule has 16 heavy (non-hydrogen) atoms. The fourth-order valence-corrected chi connectivity index (χ4v) is 1.53. The van der Waals surface area contributed by atoms with Gasteiger partial charge in [0.05, 0.1) is 23.4 Å². The van der Waals surface area contributed by atoms with E-state index in [9.17, 15) is 4.39 Å². The summed E-state index contributed by atoms with van der Waals surface area (Å²) in [5.74, 6) is 0.214. The summed E-state index contributed by atoms with van der Waals surface area (Å²) in [6.45, 7) is 0. The van der Waals surface area contributed by atoms with Crippen molar-refractivity contribution in [2.24, 2.45) is 0 Å². The van der Waals surface area contributed by atoms with Gasteiger partial charge in [0.25, 0.3) is 0 Å². The van der Waals surface area contributed by atoms with E-state index in [2.05, 4.69) is 19.9 Å². The van der Waals surface area contributed by atoms with Crippen LogP contribution in [0.2, 0.25) is 0 Å². The second-order valence-electron chi connectivity index (χ2n) is 3.37. The first-order chi connectivity index (χ1) is 7.83. The van der Waals surface area contributed by atoms with Crippen LogP contribution in [0.25, 0.3) is 22.4 Å². The van der Waals surface area contributed by atoms with Gasteiger partial charge in [-0.15, -0.1) is 0 Å². The maximum Gasteiger partial charge on any atom is 0.142 e. The molecular formula is C11H7FN4. The minimum Gasteiger partial charge on any atom is -0.337 e. The van der Waals surface area contributed by atoms with Gasteiger partial charge in [0.1, 0.15) is 11.6 Å². The number of aromatic amines is 1. The lowest BCUT2D eigenvalue weighted by molar-refractivity contribution is 0.622. The predicted molar refractivity (Wildman–Crippen MR) is 57.1 cm³/mol. The molecule has 3 heterocycles. The Morgan fingerprint density at radius 3 is 2.88 bits per heavy atom. The van der Waals surface area contributed by atoms with Crippen molar-refractivity contribution >= 4 is 11.0 Å². The first kappa shape index (κ1) is 8.96. The molecule has 78 valence electrons. The summed E-state index contributed by atoms with van der Waals surface area (Å²) in [7, 11) is 0. The number of fused-ring (bicyclic) bond motifs is 1. The molecule has 0 aromatic carbocycles. The molecule has 3 rings (SSSR count). The van der Waals surface area contributed by atoms with Crippen LogP contribution in [0.4, 0.5) is 4.39 Å². The lowest BCUT2D eigenvalue weighted by Crippen LogP contribution is -1.84. The molecular weight excluding hydrogens is 207 g/mol. The third-order valence-electron chi connectivity index (χ3n) is 2.26. The highest BCUT2D eigenvalue weighted by molar-refractivity contribution is 5.78. The Morgan fingerprint density at radius 2 is 2.06 bits per heavy atom. The molecule has 1 N–H and O–H groups in total. The van der Waals surface area contributed by atoms with Crippen molar-refractivity contribution in [2.45, 2.75) is 0 Å². The van der Waals surface area contributed by atoms with Crippen molar-refractivity contribution < 1.29 is 4.39 Å². The molecule has 0 bridgehead atoms. The van der Waals surface area contributed by atoms with E-state index < -0.39 is 0 Å². The minimum absolute atomic E-state index is 0.379. The number of halogens is 1. The standard InChI is InChI=1S/C11H7FN4/c12-8-3-7(4-14-5-8)11-15-9-1-2-13-6-10(9)16-11/h1-6H,(H,15,16). The van der Waals surface area contributed by atoms with Gasteiger partial charge in [0.2, 0.25) is 0 Å². The van der Waals surface area contributed by atoms with E-state index in [0.29, 0.717) is 11.4 Å². The van der Waals surface area contributed by atoms with E-state index in [1.807, 2.05) is 0 Å². The van der Waals surface area contributed by atoms with Crippen LogP contribution in [0.15, 0.2) is 36.9 Å². The Bertz CT molecular complexity index is 614. The quantitative estimate of drug-likeness (QED) is 0.675. The van der Waals surface area contributed by atoms with Gasteiger partial charge in [0.15, 0.2) is 0 Å². The van der Waals surface area contributed by atoms with Crippen LogP contribution in [0, 0.1) is 5.82 Å². The monoisotopic (exact) mass is 214 g/mol. The summed E-state index contributed by atoms with van der Waals surface area (Å²) in [4.78, 5) is 15.1. The third-order valence-corrected chi connectivity index (χ3v) is 2.26. The molecule has 5 heteroatoms. The zero-order chi connectivity index (χ0) is 11.0. The Morgan fingerprint density at radius 1 is 1.12 bits per heavy atom. The molecule has 0 saturated heterocycles. The summed E-state index contributed by atoms with van der Waals surface area (Å²) in [5, 5.41) is 0. The Labute approximate surface area is 90.2 Å². The SMILES string of the molecule is Fc1cncc(-c2nc3ccncc3[nH]2)c1. The number of aromatic nitrogens is 4. The van der Waals surface area contributed by atoms with Crippen LogP contribution < -0.4 is 0 Å². The zero-order valence-electron chi connectivity index (χ0n) is 8.18. The second kappa shape index (κ2) is 3.37. The van der Waals surface area contributed by atoms with Gasteiger partial charge in [0, 0.05) is 18.0 Å². The molecule has 0 aliphatic carbocycles. The van der Waals surface area contributed by atoms with E-state index >= 15 is 0 Å². The van der Waals surface area contributed by atoms with Crippen molar-refractivity contribution in [3.63, 3.8) is 0 Å². The highest BCUT2D eigenvalue weighted by atomic mass is 19.1. The molecule has 0 amide bonds. The number of H-pyrrole nitrogens is 1. The Kier molecular flexibility index (Phi) is 1.89. The number of imidazole rings is 1. The Hall–Kier alpha value is -2.30. The number of hydrogen-bond donors (Lipinski definition) is 1. The van der Waals surface area contributed by atoms with E-state index in [0.717, 1.165) is 17.2 Å². The van der Waals surface area contributed by atoms with Gasteiger partial charge in [-0.25, -0.2) is 9.37 Å². The van der Waals surface area contributed by atoms with Crippen LogP contribution in [0.1, 0.15) is 0 Å². The normalized spacial score (nSPS) is 10.8. The molecule has 4 nitrogen and oxygen atoms in total. The van der Waals surface area contributed by atoms with Crippen molar-refractivity contribution in [2.75, 3.05) is 0 Å². The molecule has 0 unspecified atom stereocenters. The average molecular weight is 214 g/mol. The van der Waals surface area contributed by atoms with Crippen LogP contribution in [0.3, 0.4) is 0 Å². The molecule has 0 fully saturated rings. The summed E-state index contributed by atoms with van der Waals surface area (Å²) >= 11 is 0. The average Bonchev–Trinajstić information content (AvgIpc) is 2.72. The number of nitrogens with one attached hydrogen (secondary N) is 1. The third kappa shape index (κ3) is 1.42. The maximum absolute atomic E-state index is 13.0. The summed E-state index contributed by atoms with van der Waals surface area (Å²) in [6, 6.07) is 3.18. The summed E-state index contributed by atoms with van der Waals surface area (Å²) in [5.41, 5.74) is 2.24. The highest BCUT2D eigenvalue weighted by Gasteiger charge is 2.05. The fraction of sp³-hybridized carbons (Fsp3) is 0. The van der Waals surface area contributed by atoms with E-state index in [1.54, 1.807) is 24.7 Å². The second-order valence-corrected chi connectivity index (χ2v) is 3.37. The molecule has 3 aromatic rings. The number of hydrogen-bond acceptors (Lipinski definition) is 3. The molecule has 3 aromatic heterocycles. The molecule has 0 radical (unpaired) electrons. The topological polar surface area (TPSA) is 54.5 Å². The van der Waals surface area contributed by atoms with Crippen LogP contribution >= 0.6 is 0 Å². The largest absolute Gasteiger partial charge is 0.337 e. The minimum atomic E-state index is -0.379. The van der Waals surface area contributed by atoms with E-state index in [1.165, 1.54) is 6.07 Å². The van der Waals surface area contributed by atoms with Crippen LogP contribution in [-0.4, -0.2) is 19.9 Å². The zero-order valence-corrected chi connectivity index (χ0v) is 8.18. The molecule has 0 atom stereocenters.